The summed E-state index contributed by atoms with van der Waals surface area (Å²) in [6.45, 7) is 6.52. The van der Waals surface area contributed by atoms with E-state index in [0.29, 0.717) is 40.4 Å². The molecule has 0 fully saturated rings. The number of hydrogen-bond acceptors (Lipinski definition) is 14. The smallest absolute Gasteiger partial charge is 0.341 e. The van der Waals surface area contributed by atoms with Crippen LogP contribution in [-0.4, -0.2) is 97.3 Å². The molecule has 0 heterocycles. The maximum absolute atomic E-state index is 13.7. The first-order valence-corrected chi connectivity index (χ1v) is 48.8. The number of rotatable bonds is 31. The van der Waals surface area contributed by atoms with Crippen molar-refractivity contribution in [1.29, 1.82) is 0 Å². The molecule has 0 spiro atoms. The van der Waals surface area contributed by atoms with Crippen molar-refractivity contribution in [2.24, 2.45) is 0 Å². The van der Waals surface area contributed by atoms with E-state index in [1.54, 1.807) is 103 Å². The van der Waals surface area contributed by atoms with Crippen molar-refractivity contribution in [2.45, 2.75) is 128 Å². The highest BCUT2D eigenvalue weighted by Crippen LogP contribution is 2.47. The summed E-state index contributed by atoms with van der Waals surface area (Å²) in [6, 6.07) is 102. The number of ketones is 2. The van der Waals surface area contributed by atoms with Crippen LogP contribution in [-0.2, 0) is 67.3 Å². The van der Waals surface area contributed by atoms with Gasteiger partial charge in [0.05, 0.1) is 18.1 Å². The summed E-state index contributed by atoms with van der Waals surface area (Å²) in [5, 5.41) is 26.3. The predicted molar refractivity (Wildman–Crippen MR) is 557 cm³/mol. The Morgan fingerprint density at radius 1 is 0.301 bits per heavy atom. The quantitative estimate of drug-likeness (QED) is 0.0343. The SMILES string of the molecule is CC(=O)COc1cccc(N(C(C)=O)C2CCc3ccc(-c4cccc(F)c4)cc32)c1.CCN(c1cccc(OCC(C)=O)c1)C1CCc2ccc(-c3cccc(F)c3)cc21.CN(c1cccc(OCC(=O)O)c1)C1CCc2ccc(-c3cccc(F)c3)cc21.O=C(O)COc1cccc(CC2CCc3ccc(-c4cccc(F)c4)cc32)c1.O=C(O)COc1cccc(OC2CCc3ccc(-c4cccc(F)c4)cc32)c1. The molecule has 0 saturated carbocycles. The fraction of sp³-hybridized carbons (Fsp3) is 0.220. The number of carboxylic acid groups (broad SMARTS) is 3. The minimum atomic E-state index is -1.03. The third kappa shape index (κ3) is 26.7. The van der Waals surface area contributed by atoms with Gasteiger partial charge >= 0.3 is 17.9 Å². The molecule has 5 atom stereocenters. The predicted octanol–water partition coefficient (Wildman–Crippen LogP) is 26.8. The van der Waals surface area contributed by atoms with Gasteiger partial charge in [-0.1, -0.05) is 164 Å². The van der Waals surface area contributed by atoms with Crippen LogP contribution in [0.3, 0.4) is 0 Å². The van der Waals surface area contributed by atoms with Gasteiger partial charge in [-0.3, -0.25) is 14.4 Å². The van der Waals surface area contributed by atoms with Crippen LogP contribution >= 0.6 is 0 Å². The minimum Gasteiger partial charge on any atom is -0.486 e. The number of Topliss-reactive ketones (excluding diaryl/α,β-unsaturated/α-hetero) is 2. The lowest BCUT2D eigenvalue weighted by molar-refractivity contribution is -0.140. The third-order valence-corrected chi connectivity index (χ3v) is 26.6. The Bertz CT molecular complexity index is 7090. The molecule has 146 heavy (non-hydrogen) atoms. The normalized spacial score (nSPS) is 15.0. The molecular formula is C123H112F5N3O15. The van der Waals surface area contributed by atoms with Crippen molar-refractivity contribution in [1.82, 2.24) is 0 Å². The summed E-state index contributed by atoms with van der Waals surface area (Å²) in [5.41, 5.74) is 25.6. The van der Waals surface area contributed by atoms with Gasteiger partial charge in [0, 0.05) is 61.8 Å². The van der Waals surface area contributed by atoms with E-state index in [-0.39, 0.29) is 97.2 Å². The Labute approximate surface area is 845 Å². The number of carbonyl (C=O) groups excluding carboxylic acids is 3. The van der Waals surface area contributed by atoms with E-state index in [9.17, 15) is 50.7 Å². The number of amides is 1. The van der Waals surface area contributed by atoms with Crippen molar-refractivity contribution in [3.8, 4) is 90.1 Å². The van der Waals surface area contributed by atoms with E-state index in [2.05, 4.69) is 102 Å². The first kappa shape index (κ1) is 102. The van der Waals surface area contributed by atoms with Gasteiger partial charge in [-0.05, 0) is 360 Å². The van der Waals surface area contributed by atoms with E-state index in [1.807, 2.05) is 122 Å². The zero-order chi connectivity index (χ0) is 102. The Morgan fingerprint density at radius 2 is 0.616 bits per heavy atom. The maximum atomic E-state index is 13.7. The van der Waals surface area contributed by atoms with Crippen molar-refractivity contribution in [2.75, 3.05) is 61.3 Å². The van der Waals surface area contributed by atoms with Gasteiger partial charge in [-0.25, -0.2) is 36.3 Å². The van der Waals surface area contributed by atoms with Crippen molar-refractivity contribution in [3.05, 3.63) is 424 Å². The lowest BCUT2D eigenvalue weighted by Gasteiger charge is -2.31. The third-order valence-electron chi connectivity index (χ3n) is 26.6. The summed E-state index contributed by atoms with van der Waals surface area (Å²) in [6.07, 6.45) is 10.3. The number of carboxylic acids is 3. The second-order valence-corrected chi connectivity index (χ2v) is 36.8. The molecule has 23 heteroatoms. The zero-order valence-corrected chi connectivity index (χ0v) is 81.6. The standard InChI is InChI=1S/C26H24FNO3.C26H26FNO2.C24H22FNO3.C24H21FO3.C23H19FO4/c1-17(29)16-31-24-8-4-7-23(15-24)28(18(2)30)26-12-11-19-9-10-21(14-25(19)26)20-5-3-6-22(27)13-20;1-3-28(23-8-5-9-24(16-23)30-17-18(2)29)26-13-12-19-10-11-21(15-25(19)26)20-6-4-7-22(27)14-20;1-26(20-6-3-7-21(14-20)29-15-24(27)28)23-11-10-16-8-9-18(13-22(16)23)17-4-2-5-19(25)12-17;25-21-5-2-4-18(13-21)19-9-7-17-8-10-20(23(17)14-19)11-16-3-1-6-22(12-16)28-15-24(26)27;24-18-4-1-3-16(11-18)17-8-7-15-9-10-22(21(15)12-17)28-20-6-2-5-19(13-20)27-14-23(25)26/h3-10,13-15,26H,11-12,16H2,1-2H3;4-11,14-16,26H,3,12-13,17H2,1-2H3;2-9,12-14,23H,10-11,15H2,1H3,(H,27,28);1-7,9,12-14,20H,8,10-11,15H2,(H,26,27);1-8,11-13,22H,9-10,14H2,(H,25,26). The van der Waals surface area contributed by atoms with Gasteiger partial charge in [0.25, 0.3) is 0 Å². The molecule has 0 radical (unpaired) electrons. The van der Waals surface area contributed by atoms with Gasteiger partial charge in [-0.2, -0.15) is 0 Å². The maximum Gasteiger partial charge on any atom is 0.341 e. The van der Waals surface area contributed by atoms with Gasteiger partial charge in [0.15, 0.2) is 31.4 Å². The molecule has 15 aromatic carbocycles. The number of fused-ring (bicyclic) bond motifs is 5. The van der Waals surface area contributed by atoms with E-state index in [4.69, 9.17) is 43.7 Å². The highest BCUT2D eigenvalue weighted by molar-refractivity contribution is 5.93. The summed E-state index contributed by atoms with van der Waals surface area (Å²) >= 11 is 0. The van der Waals surface area contributed by atoms with Gasteiger partial charge in [0.2, 0.25) is 5.91 Å². The summed E-state index contributed by atoms with van der Waals surface area (Å²) < 4.78 is 101. The number of nitrogens with zero attached hydrogens (tertiary/aromatic N) is 3. The number of aryl methyl sites for hydroxylation is 5. The highest BCUT2D eigenvalue weighted by Gasteiger charge is 2.35. The number of hydrogen-bond donors (Lipinski definition) is 3. The van der Waals surface area contributed by atoms with Crippen LogP contribution < -0.4 is 43.1 Å². The minimum absolute atomic E-state index is 0.00218. The van der Waals surface area contributed by atoms with E-state index in [0.717, 1.165) is 167 Å². The highest BCUT2D eigenvalue weighted by atomic mass is 19.1. The second-order valence-electron chi connectivity index (χ2n) is 36.8. The van der Waals surface area contributed by atoms with Crippen LogP contribution in [0.1, 0.15) is 151 Å². The molecular weight excluding hydrogens is 1850 g/mol. The molecule has 0 saturated heterocycles. The van der Waals surface area contributed by atoms with E-state index < -0.39 is 24.5 Å². The van der Waals surface area contributed by atoms with E-state index >= 15 is 0 Å². The monoisotopic (exact) mass is 1970 g/mol. The molecule has 5 aliphatic carbocycles. The molecule has 0 aromatic heterocycles. The number of halogens is 5. The first-order chi connectivity index (χ1) is 70.6. The number of benzene rings is 15. The van der Waals surface area contributed by atoms with Crippen molar-refractivity contribution >= 4 is 52.4 Å². The Morgan fingerprint density at radius 3 is 1.05 bits per heavy atom. The summed E-state index contributed by atoms with van der Waals surface area (Å²) in [5.74, 6) is -0.561. The van der Waals surface area contributed by atoms with Gasteiger partial charge in [-0.15, -0.1) is 0 Å². The van der Waals surface area contributed by atoms with Crippen molar-refractivity contribution in [3.63, 3.8) is 0 Å². The lowest BCUT2D eigenvalue weighted by atomic mass is 9.91. The first-order valence-electron chi connectivity index (χ1n) is 48.8. The fourth-order valence-electron chi connectivity index (χ4n) is 19.8. The molecule has 18 nitrogen and oxygen atoms in total. The topological polar surface area (TPSA) is 228 Å². The van der Waals surface area contributed by atoms with Crippen LogP contribution in [0.4, 0.5) is 39.0 Å². The fourth-order valence-corrected chi connectivity index (χ4v) is 19.8. The summed E-state index contributed by atoms with van der Waals surface area (Å²) in [7, 11) is 2.03. The number of aliphatic carboxylic acids is 3. The molecule has 0 bridgehead atoms. The largest absolute Gasteiger partial charge is 0.486 e. The van der Waals surface area contributed by atoms with Crippen LogP contribution in [0.2, 0.25) is 0 Å². The number of carbonyl (C=O) groups is 6. The zero-order valence-electron chi connectivity index (χ0n) is 81.6. The molecule has 0 aliphatic heterocycles. The average molecular weight is 1970 g/mol. The van der Waals surface area contributed by atoms with Gasteiger partial charge < -0.3 is 58.4 Å². The average Bonchev–Trinajstić information content (AvgIpc) is 1.63. The Balaban J connectivity index is 0.000000131. The molecule has 5 unspecified atom stereocenters. The summed E-state index contributed by atoms with van der Waals surface area (Å²) in [4.78, 5) is 73.6. The molecule has 3 N–H and O–H groups in total. The Hall–Kier alpha value is -16.4. The van der Waals surface area contributed by atoms with E-state index in [1.165, 1.54) is 101 Å². The number of ether oxygens (including phenoxy) is 6. The van der Waals surface area contributed by atoms with Gasteiger partial charge in [0.1, 0.15) is 82.9 Å². The molecule has 5 aliphatic rings. The number of anilines is 3. The molecule has 15 aromatic rings. The van der Waals surface area contributed by atoms with Crippen molar-refractivity contribution < 1.29 is 94.5 Å². The van der Waals surface area contributed by atoms with Crippen LogP contribution in [0.25, 0.3) is 55.6 Å². The molecule has 744 valence electrons. The molecule has 20 rings (SSSR count). The lowest BCUT2D eigenvalue weighted by Crippen LogP contribution is -2.32. The second kappa shape index (κ2) is 48.1. The van der Waals surface area contributed by atoms with Crippen LogP contribution in [0.5, 0.6) is 34.5 Å². The van der Waals surface area contributed by atoms with Crippen LogP contribution in [0.15, 0.2) is 334 Å². The molecule has 1 amide bonds. The van der Waals surface area contributed by atoms with Crippen LogP contribution in [0, 0.1) is 29.1 Å². The Kier molecular flexibility index (Phi) is 33.8.